The third kappa shape index (κ3) is 1.61. The first-order valence-electron chi connectivity index (χ1n) is 4.67. The van der Waals surface area contributed by atoms with E-state index in [1.807, 2.05) is 6.07 Å². The van der Waals surface area contributed by atoms with Gasteiger partial charge in [0.15, 0.2) is 0 Å². The second-order valence-electron chi connectivity index (χ2n) is 3.15. The highest BCUT2D eigenvalue weighted by atomic mass is 16.5. The number of ether oxygens (including phenoxy) is 1. The molecule has 0 spiro atoms. The highest BCUT2D eigenvalue weighted by molar-refractivity contribution is 5.89. The van der Waals surface area contributed by atoms with E-state index in [-0.39, 0.29) is 5.97 Å². The molecule has 0 bridgehead atoms. The monoisotopic (exact) mass is 192 g/mol. The normalized spacial score (nSPS) is 13.8. The number of aromatic nitrogens is 1. The Morgan fingerprint density at radius 1 is 1.64 bits per heavy atom. The number of carbonyl (C=O) groups excluding carboxylic acids is 1. The summed E-state index contributed by atoms with van der Waals surface area (Å²) in [6.45, 7) is 3.77. The van der Waals surface area contributed by atoms with Gasteiger partial charge in [0.2, 0.25) is 0 Å². The fourth-order valence-electron chi connectivity index (χ4n) is 1.49. The Morgan fingerprint density at radius 2 is 2.50 bits per heavy atom. The summed E-state index contributed by atoms with van der Waals surface area (Å²) in [5.74, 6) is -0.297. The summed E-state index contributed by atoms with van der Waals surface area (Å²) in [7, 11) is 0. The largest absolute Gasteiger partial charge is 0.462 e. The molecule has 0 fully saturated rings. The lowest BCUT2D eigenvalue weighted by atomic mass is 10.2. The molecular weight excluding hydrogens is 180 g/mol. The van der Waals surface area contributed by atoms with Gasteiger partial charge in [0, 0.05) is 19.3 Å². The molecule has 0 saturated heterocycles. The van der Waals surface area contributed by atoms with Crippen molar-refractivity contribution in [1.29, 1.82) is 0 Å². The molecule has 0 saturated carbocycles. The molecule has 1 N–H and O–H groups in total. The zero-order chi connectivity index (χ0) is 9.97. The van der Waals surface area contributed by atoms with Crippen LogP contribution in [0.15, 0.2) is 12.3 Å². The maximum Gasteiger partial charge on any atom is 0.339 e. The van der Waals surface area contributed by atoms with E-state index in [4.69, 9.17) is 4.74 Å². The Balaban J connectivity index is 2.24. The molecule has 0 amide bonds. The van der Waals surface area contributed by atoms with Crippen LogP contribution in [0.4, 0.5) is 0 Å². The Morgan fingerprint density at radius 3 is 3.29 bits per heavy atom. The Labute approximate surface area is 82.3 Å². The van der Waals surface area contributed by atoms with E-state index in [0.29, 0.717) is 12.2 Å². The van der Waals surface area contributed by atoms with E-state index in [0.717, 1.165) is 24.3 Å². The van der Waals surface area contributed by atoms with Crippen molar-refractivity contribution in [2.24, 2.45) is 0 Å². The van der Waals surface area contributed by atoms with Crippen molar-refractivity contribution in [2.45, 2.75) is 20.0 Å². The van der Waals surface area contributed by atoms with E-state index in [1.54, 1.807) is 13.1 Å². The quantitative estimate of drug-likeness (QED) is 0.706. The molecule has 1 aromatic heterocycles. The van der Waals surface area contributed by atoms with Gasteiger partial charge in [0.1, 0.15) is 0 Å². The van der Waals surface area contributed by atoms with Gasteiger partial charge in [-0.1, -0.05) is 0 Å². The van der Waals surface area contributed by atoms with E-state index >= 15 is 0 Å². The van der Waals surface area contributed by atoms with Crippen LogP contribution >= 0.6 is 0 Å². The van der Waals surface area contributed by atoms with Gasteiger partial charge in [0.25, 0.3) is 0 Å². The van der Waals surface area contributed by atoms with Crippen molar-refractivity contribution in [1.82, 2.24) is 10.3 Å². The first-order chi connectivity index (χ1) is 6.81. The first-order valence-corrected chi connectivity index (χ1v) is 4.67. The minimum atomic E-state index is -0.297. The van der Waals surface area contributed by atoms with Crippen molar-refractivity contribution >= 4 is 5.97 Å². The highest BCUT2D eigenvalue weighted by Gasteiger charge is 2.14. The maximum atomic E-state index is 11.4. The average molecular weight is 192 g/mol. The van der Waals surface area contributed by atoms with Gasteiger partial charge in [-0.25, -0.2) is 4.79 Å². The van der Waals surface area contributed by atoms with Gasteiger partial charge in [-0.05, 0) is 18.6 Å². The van der Waals surface area contributed by atoms with Crippen molar-refractivity contribution in [3.8, 4) is 0 Å². The second-order valence-corrected chi connectivity index (χ2v) is 3.15. The first kappa shape index (κ1) is 9.15. The van der Waals surface area contributed by atoms with Crippen molar-refractivity contribution < 1.29 is 9.53 Å². The fraction of sp³-hybridized carbons (Fsp3) is 0.400. The van der Waals surface area contributed by atoms with Crippen LogP contribution < -0.4 is 5.32 Å². The fourth-order valence-corrected chi connectivity index (χ4v) is 1.49. The summed E-state index contributed by atoms with van der Waals surface area (Å²) < 4.78 is 4.89. The number of hydrogen-bond acceptors (Lipinski definition) is 4. The number of carbonyl (C=O) groups is 1. The Bertz CT molecular complexity index is 363. The van der Waals surface area contributed by atoms with Crippen molar-refractivity contribution in [3.63, 3.8) is 0 Å². The minimum absolute atomic E-state index is 0.297. The molecule has 0 aliphatic carbocycles. The van der Waals surface area contributed by atoms with Crippen molar-refractivity contribution in [2.75, 3.05) is 6.61 Å². The topological polar surface area (TPSA) is 51.2 Å². The van der Waals surface area contributed by atoms with Gasteiger partial charge in [0.05, 0.1) is 17.9 Å². The summed E-state index contributed by atoms with van der Waals surface area (Å²) >= 11 is 0. The van der Waals surface area contributed by atoms with Gasteiger partial charge in [-0.2, -0.15) is 0 Å². The molecule has 2 heterocycles. The SMILES string of the molecule is CCOC(=O)c1cnc2c(c1)CNC2. The van der Waals surface area contributed by atoms with Crippen LogP contribution in [0.3, 0.4) is 0 Å². The minimum Gasteiger partial charge on any atom is -0.462 e. The average Bonchev–Trinajstić information content (AvgIpc) is 2.64. The summed E-state index contributed by atoms with van der Waals surface area (Å²) in [6, 6.07) is 1.85. The number of pyridine rings is 1. The van der Waals surface area contributed by atoms with Crippen LogP contribution in [0.25, 0.3) is 0 Å². The van der Waals surface area contributed by atoms with Crippen molar-refractivity contribution in [3.05, 3.63) is 29.1 Å². The predicted molar refractivity (Wildman–Crippen MR) is 50.7 cm³/mol. The van der Waals surface area contributed by atoms with E-state index in [2.05, 4.69) is 10.3 Å². The molecule has 1 aliphatic rings. The third-order valence-electron chi connectivity index (χ3n) is 2.18. The lowest BCUT2D eigenvalue weighted by molar-refractivity contribution is 0.0526. The number of esters is 1. The van der Waals surface area contributed by atoms with Crippen LogP contribution in [0, 0.1) is 0 Å². The smallest absolute Gasteiger partial charge is 0.339 e. The zero-order valence-corrected chi connectivity index (χ0v) is 8.04. The molecule has 4 nitrogen and oxygen atoms in total. The van der Waals surface area contributed by atoms with Gasteiger partial charge >= 0.3 is 5.97 Å². The summed E-state index contributed by atoms with van der Waals surface area (Å²) in [5, 5.41) is 3.17. The molecule has 74 valence electrons. The second kappa shape index (κ2) is 3.75. The van der Waals surface area contributed by atoms with E-state index in [9.17, 15) is 4.79 Å². The molecular formula is C10H12N2O2. The molecule has 0 aromatic carbocycles. The highest BCUT2D eigenvalue weighted by Crippen LogP contribution is 2.14. The molecule has 1 aromatic rings. The summed E-state index contributed by atoms with van der Waals surface area (Å²) in [4.78, 5) is 15.6. The molecule has 0 unspecified atom stereocenters. The van der Waals surface area contributed by atoms with Crippen LogP contribution in [-0.4, -0.2) is 17.6 Å². The molecule has 2 rings (SSSR count). The predicted octanol–water partition coefficient (Wildman–Crippen LogP) is 0.862. The molecule has 14 heavy (non-hydrogen) atoms. The molecule has 4 heteroatoms. The van der Waals surface area contributed by atoms with Crippen LogP contribution in [0.5, 0.6) is 0 Å². The Kier molecular flexibility index (Phi) is 2.45. The number of nitrogens with one attached hydrogen (secondary N) is 1. The van der Waals surface area contributed by atoms with Crippen LogP contribution in [0.1, 0.15) is 28.5 Å². The number of rotatable bonds is 2. The molecule has 1 aliphatic heterocycles. The number of fused-ring (bicyclic) bond motifs is 1. The van der Waals surface area contributed by atoms with Crippen LogP contribution in [0.2, 0.25) is 0 Å². The van der Waals surface area contributed by atoms with Gasteiger partial charge in [-0.3, -0.25) is 4.98 Å². The zero-order valence-electron chi connectivity index (χ0n) is 8.04. The maximum absolute atomic E-state index is 11.4. The van der Waals surface area contributed by atoms with E-state index < -0.39 is 0 Å². The van der Waals surface area contributed by atoms with E-state index in [1.165, 1.54) is 0 Å². The summed E-state index contributed by atoms with van der Waals surface area (Å²) in [5.41, 5.74) is 2.66. The molecule has 0 radical (unpaired) electrons. The standard InChI is InChI=1S/C10H12N2O2/c1-2-14-10(13)8-3-7-4-11-6-9(7)12-5-8/h3,5,11H,2,4,6H2,1H3. The summed E-state index contributed by atoms with van der Waals surface area (Å²) in [6.07, 6.45) is 1.57. The lowest BCUT2D eigenvalue weighted by Gasteiger charge is -2.02. The number of nitrogens with zero attached hydrogens (tertiary/aromatic N) is 1. The van der Waals surface area contributed by atoms with Gasteiger partial charge < -0.3 is 10.1 Å². The molecule has 0 atom stereocenters. The van der Waals surface area contributed by atoms with Gasteiger partial charge in [-0.15, -0.1) is 0 Å². The lowest BCUT2D eigenvalue weighted by Crippen LogP contribution is -2.06. The third-order valence-corrected chi connectivity index (χ3v) is 2.18. The van der Waals surface area contributed by atoms with Crippen LogP contribution in [-0.2, 0) is 17.8 Å². The number of hydrogen-bond donors (Lipinski definition) is 1. The Hall–Kier alpha value is -1.42.